The maximum Gasteiger partial charge on any atom is 0.246 e. The van der Waals surface area contributed by atoms with Gasteiger partial charge in [0.1, 0.15) is 0 Å². The van der Waals surface area contributed by atoms with Crippen LogP contribution in [0, 0.1) is 11.8 Å². The molecular weight excluding hydrogens is 366 g/mol. The minimum atomic E-state index is -0.0809. The minimum Gasteiger partial charge on any atom is -0.354 e. The number of carbonyl (C=O) groups excluding carboxylic acids is 3. The Morgan fingerprint density at radius 3 is 2.69 bits per heavy atom. The molecule has 4 rings (SSSR count). The predicted molar refractivity (Wildman–Crippen MR) is 111 cm³/mol. The summed E-state index contributed by atoms with van der Waals surface area (Å²) in [6.45, 7) is 3.31. The Bertz CT molecular complexity index is 807. The fourth-order valence-electron chi connectivity index (χ4n) is 5.30. The second-order valence-corrected chi connectivity index (χ2v) is 8.51. The van der Waals surface area contributed by atoms with Crippen LogP contribution in [0.4, 0.5) is 0 Å². The Morgan fingerprint density at radius 1 is 1.17 bits per heavy atom. The fraction of sp³-hybridized carbons (Fsp3) is 0.522. The molecule has 3 amide bonds. The van der Waals surface area contributed by atoms with Crippen molar-refractivity contribution < 1.29 is 14.4 Å². The molecule has 154 valence electrons. The highest BCUT2D eigenvalue weighted by atomic mass is 16.2. The standard InChI is InChI=1S/C23H29N3O3/c1-16(27)24-13-21-19-12-18(20-8-5-9-23(29)26(20)21)14-25(15-19)22(28)11-10-17-6-3-2-4-7-17/h2-4,6-7,10-11,18-21H,5,8-9,12-15H2,1H3,(H,24,27)/t18-,19+,20+,21+/m1/s1. The molecule has 0 spiro atoms. The molecule has 3 heterocycles. The van der Waals surface area contributed by atoms with Crippen LogP contribution in [-0.4, -0.2) is 59.2 Å². The van der Waals surface area contributed by atoms with Crippen molar-refractivity contribution in [3.05, 3.63) is 42.0 Å². The van der Waals surface area contributed by atoms with Gasteiger partial charge in [-0.05, 0) is 42.7 Å². The minimum absolute atomic E-state index is 0.0254. The van der Waals surface area contributed by atoms with Gasteiger partial charge in [-0.15, -0.1) is 0 Å². The number of amides is 3. The molecule has 4 atom stereocenters. The van der Waals surface area contributed by atoms with E-state index in [1.807, 2.05) is 41.3 Å². The lowest BCUT2D eigenvalue weighted by atomic mass is 9.72. The highest BCUT2D eigenvalue weighted by Crippen LogP contribution is 2.41. The third-order valence-electron chi connectivity index (χ3n) is 6.59. The van der Waals surface area contributed by atoms with Crippen molar-refractivity contribution in [2.75, 3.05) is 19.6 Å². The van der Waals surface area contributed by atoms with Crippen molar-refractivity contribution in [1.82, 2.24) is 15.1 Å². The summed E-state index contributed by atoms with van der Waals surface area (Å²) in [6, 6.07) is 9.97. The first-order valence-electron chi connectivity index (χ1n) is 10.6. The van der Waals surface area contributed by atoms with Crippen molar-refractivity contribution in [2.24, 2.45) is 11.8 Å². The SMILES string of the molecule is CC(=O)NC[C@H]1[C@H]2C[C@H](CN(C(=O)C=Cc3ccccc3)C2)[C@@H]2CCCC(=O)N21. The van der Waals surface area contributed by atoms with E-state index in [4.69, 9.17) is 0 Å². The quantitative estimate of drug-likeness (QED) is 0.794. The van der Waals surface area contributed by atoms with Gasteiger partial charge < -0.3 is 15.1 Å². The van der Waals surface area contributed by atoms with Gasteiger partial charge in [-0.25, -0.2) is 0 Å². The zero-order valence-corrected chi connectivity index (χ0v) is 16.9. The smallest absolute Gasteiger partial charge is 0.246 e. The lowest BCUT2D eigenvalue weighted by Gasteiger charge is -2.56. The van der Waals surface area contributed by atoms with Gasteiger partial charge in [0.25, 0.3) is 0 Å². The van der Waals surface area contributed by atoms with Crippen LogP contribution in [0.5, 0.6) is 0 Å². The molecule has 29 heavy (non-hydrogen) atoms. The van der Waals surface area contributed by atoms with Crippen molar-refractivity contribution in [2.45, 2.75) is 44.7 Å². The van der Waals surface area contributed by atoms with Crippen molar-refractivity contribution in [3.8, 4) is 0 Å². The van der Waals surface area contributed by atoms with E-state index in [0.29, 0.717) is 32.0 Å². The summed E-state index contributed by atoms with van der Waals surface area (Å²) in [6.07, 6.45) is 7.03. The number of piperidine rings is 3. The maximum absolute atomic E-state index is 12.9. The second kappa shape index (κ2) is 8.39. The number of hydrogen-bond donors (Lipinski definition) is 1. The third-order valence-corrected chi connectivity index (χ3v) is 6.59. The van der Waals surface area contributed by atoms with Crippen molar-refractivity contribution in [3.63, 3.8) is 0 Å². The summed E-state index contributed by atoms with van der Waals surface area (Å²) >= 11 is 0. The summed E-state index contributed by atoms with van der Waals surface area (Å²) in [7, 11) is 0. The van der Waals surface area contributed by atoms with Crippen LogP contribution >= 0.6 is 0 Å². The summed E-state index contributed by atoms with van der Waals surface area (Å²) < 4.78 is 0. The molecular formula is C23H29N3O3. The topological polar surface area (TPSA) is 69.7 Å². The molecule has 3 fully saturated rings. The predicted octanol–water partition coefficient (Wildman–Crippen LogP) is 2.06. The highest BCUT2D eigenvalue weighted by molar-refractivity contribution is 5.92. The molecule has 1 aromatic carbocycles. The van der Waals surface area contributed by atoms with E-state index in [9.17, 15) is 14.4 Å². The number of carbonyl (C=O) groups is 3. The molecule has 0 aliphatic carbocycles. The van der Waals surface area contributed by atoms with E-state index >= 15 is 0 Å². The van der Waals surface area contributed by atoms with Crippen LogP contribution in [-0.2, 0) is 14.4 Å². The second-order valence-electron chi connectivity index (χ2n) is 8.51. The number of nitrogens with one attached hydrogen (secondary N) is 1. The van der Waals surface area contributed by atoms with Gasteiger partial charge in [-0.1, -0.05) is 30.3 Å². The van der Waals surface area contributed by atoms with Gasteiger partial charge in [0.2, 0.25) is 17.7 Å². The Kier molecular flexibility index (Phi) is 5.69. The van der Waals surface area contributed by atoms with E-state index < -0.39 is 0 Å². The van der Waals surface area contributed by atoms with Gasteiger partial charge in [0.05, 0.1) is 6.04 Å². The average molecular weight is 396 g/mol. The number of likely N-dealkylation sites (tertiary alicyclic amines) is 1. The third kappa shape index (κ3) is 4.21. The zero-order chi connectivity index (χ0) is 20.4. The Hall–Kier alpha value is -2.63. The monoisotopic (exact) mass is 395 g/mol. The average Bonchev–Trinajstić information content (AvgIpc) is 2.73. The van der Waals surface area contributed by atoms with Gasteiger partial charge in [0.15, 0.2) is 0 Å². The van der Waals surface area contributed by atoms with Gasteiger partial charge in [-0.2, -0.15) is 0 Å². The normalized spacial score (nSPS) is 28.9. The van der Waals surface area contributed by atoms with Crippen LogP contribution in [0.25, 0.3) is 6.08 Å². The van der Waals surface area contributed by atoms with Crippen LogP contribution in [0.3, 0.4) is 0 Å². The number of fused-ring (bicyclic) bond motifs is 4. The molecule has 1 N–H and O–H groups in total. The molecule has 1 aromatic rings. The van der Waals surface area contributed by atoms with E-state index in [0.717, 1.165) is 24.8 Å². The van der Waals surface area contributed by atoms with E-state index in [2.05, 4.69) is 10.2 Å². The molecule has 3 saturated heterocycles. The van der Waals surface area contributed by atoms with E-state index in [-0.39, 0.29) is 35.7 Å². The number of hydrogen-bond acceptors (Lipinski definition) is 3. The van der Waals surface area contributed by atoms with Gasteiger partial charge in [0, 0.05) is 45.1 Å². The summed E-state index contributed by atoms with van der Waals surface area (Å²) in [5.41, 5.74) is 1.01. The first kappa shape index (κ1) is 19.7. The van der Waals surface area contributed by atoms with Crippen LogP contribution in [0.15, 0.2) is 36.4 Å². The Labute approximate surface area is 171 Å². The zero-order valence-electron chi connectivity index (χ0n) is 16.9. The van der Waals surface area contributed by atoms with Crippen LogP contribution in [0.1, 0.15) is 38.2 Å². The van der Waals surface area contributed by atoms with Crippen molar-refractivity contribution in [1.29, 1.82) is 0 Å². The van der Waals surface area contributed by atoms with Gasteiger partial charge in [-0.3, -0.25) is 14.4 Å². The largest absolute Gasteiger partial charge is 0.354 e. The fourth-order valence-corrected chi connectivity index (χ4v) is 5.30. The molecule has 3 aliphatic rings. The lowest BCUT2D eigenvalue weighted by molar-refractivity contribution is -0.155. The summed E-state index contributed by atoms with van der Waals surface area (Å²) in [5.74, 6) is 0.670. The molecule has 0 unspecified atom stereocenters. The number of nitrogens with zero attached hydrogens (tertiary/aromatic N) is 2. The molecule has 3 aliphatic heterocycles. The summed E-state index contributed by atoms with van der Waals surface area (Å²) in [5, 5.41) is 2.91. The Morgan fingerprint density at radius 2 is 1.93 bits per heavy atom. The molecule has 0 radical (unpaired) electrons. The molecule has 6 heteroatoms. The van der Waals surface area contributed by atoms with Crippen molar-refractivity contribution >= 4 is 23.8 Å². The lowest BCUT2D eigenvalue weighted by Crippen LogP contribution is -2.67. The molecule has 0 saturated carbocycles. The first-order chi connectivity index (χ1) is 14.0. The van der Waals surface area contributed by atoms with Crippen LogP contribution < -0.4 is 5.32 Å². The molecule has 2 bridgehead atoms. The first-order valence-corrected chi connectivity index (χ1v) is 10.6. The number of rotatable bonds is 4. The summed E-state index contributed by atoms with van der Waals surface area (Å²) in [4.78, 5) is 41.1. The maximum atomic E-state index is 12.9. The van der Waals surface area contributed by atoms with Crippen LogP contribution in [0.2, 0.25) is 0 Å². The van der Waals surface area contributed by atoms with E-state index in [1.165, 1.54) is 6.92 Å². The Balaban J connectivity index is 1.51. The van der Waals surface area contributed by atoms with Gasteiger partial charge >= 0.3 is 0 Å². The highest BCUT2D eigenvalue weighted by Gasteiger charge is 2.49. The number of benzene rings is 1. The van der Waals surface area contributed by atoms with E-state index in [1.54, 1.807) is 6.08 Å². The molecule has 6 nitrogen and oxygen atoms in total. The molecule has 0 aromatic heterocycles.